The van der Waals surface area contributed by atoms with Gasteiger partial charge in [-0.05, 0) is 12.1 Å². The number of rotatable bonds is 2. The van der Waals surface area contributed by atoms with Gasteiger partial charge in [-0.25, -0.2) is 9.78 Å². The molecule has 0 atom stereocenters. The lowest BCUT2D eigenvalue weighted by atomic mass is 10.2. The Morgan fingerprint density at radius 1 is 1.50 bits per heavy atom. The average Bonchev–Trinajstić information content (AvgIpc) is 2.58. The summed E-state index contributed by atoms with van der Waals surface area (Å²) in [5.41, 5.74) is 0.139. The molecule has 0 aliphatic carbocycles. The molecule has 0 radical (unpaired) electrons. The van der Waals surface area contributed by atoms with E-state index in [9.17, 15) is 9.90 Å². The second kappa shape index (κ2) is 3.52. The van der Waals surface area contributed by atoms with Crippen LogP contribution in [0.1, 0.15) is 36.1 Å². The number of carbonyl (C=O) groups is 1. The van der Waals surface area contributed by atoms with Crippen LogP contribution >= 0.6 is 0 Å². The van der Waals surface area contributed by atoms with E-state index in [-0.39, 0.29) is 22.9 Å². The van der Waals surface area contributed by atoms with Gasteiger partial charge >= 0.3 is 5.97 Å². The summed E-state index contributed by atoms with van der Waals surface area (Å²) in [5, 5.41) is 18.7. The summed E-state index contributed by atoms with van der Waals surface area (Å²) in [7, 11) is 0. The predicted octanol–water partition coefficient (Wildman–Crippen LogP) is 1.86. The Hall–Kier alpha value is -2.04. The van der Waals surface area contributed by atoms with Gasteiger partial charge in [0.15, 0.2) is 5.69 Å². The van der Waals surface area contributed by atoms with Crippen LogP contribution in [0, 0.1) is 0 Å². The lowest BCUT2D eigenvalue weighted by Crippen LogP contribution is -1.98. The van der Waals surface area contributed by atoms with E-state index in [1.165, 1.54) is 6.07 Å². The third kappa shape index (κ3) is 1.41. The Morgan fingerprint density at radius 3 is 2.75 bits per heavy atom. The number of fused-ring (bicyclic) bond motifs is 1. The summed E-state index contributed by atoms with van der Waals surface area (Å²) in [6.45, 7) is 3.84. The second-order valence-electron chi connectivity index (χ2n) is 3.89. The highest BCUT2D eigenvalue weighted by atomic mass is 16.4. The maximum absolute atomic E-state index is 11.0. The van der Waals surface area contributed by atoms with Crippen LogP contribution in [-0.4, -0.2) is 25.6 Å². The number of nitrogens with zero attached hydrogens (tertiary/aromatic N) is 2. The Kier molecular flexibility index (Phi) is 2.30. The van der Waals surface area contributed by atoms with E-state index in [0.717, 1.165) is 0 Å². The Bertz CT molecular complexity index is 558. The van der Waals surface area contributed by atoms with E-state index < -0.39 is 5.97 Å². The van der Waals surface area contributed by atoms with Crippen LogP contribution in [0.5, 0.6) is 5.75 Å². The molecule has 2 aromatic heterocycles. The molecule has 5 heteroatoms. The molecule has 0 aromatic carbocycles. The molecule has 0 aliphatic heterocycles. The normalized spacial score (nSPS) is 11.2. The number of carboxylic acids is 1. The van der Waals surface area contributed by atoms with Crippen molar-refractivity contribution in [2.75, 3.05) is 0 Å². The van der Waals surface area contributed by atoms with Crippen molar-refractivity contribution >= 4 is 11.5 Å². The zero-order valence-electron chi connectivity index (χ0n) is 9.01. The summed E-state index contributed by atoms with van der Waals surface area (Å²) >= 11 is 0. The molecule has 0 unspecified atom stereocenters. The fraction of sp³-hybridized carbons (Fsp3) is 0.273. The van der Waals surface area contributed by atoms with Gasteiger partial charge in [-0.3, -0.25) is 4.40 Å². The molecule has 0 aliphatic rings. The van der Waals surface area contributed by atoms with Gasteiger partial charge in [0.2, 0.25) is 0 Å². The molecule has 16 heavy (non-hydrogen) atoms. The zero-order chi connectivity index (χ0) is 11.9. The largest absolute Gasteiger partial charge is 0.506 e. The number of aromatic nitrogens is 2. The molecule has 0 saturated carbocycles. The van der Waals surface area contributed by atoms with Crippen LogP contribution in [0.25, 0.3) is 5.52 Å². The van der Waals surface area contributed by atoms with E-state index >= 15 is 0 Å². The van der Waals surface area contributed by atoms with Crippen LogP contribution in [0.3, 0.4) is 0 Å². The smallest absolute Gasteiger partial charge is 0.356 e. The van der Waals surface area contributed by atoms with Crippen molar-refractivity contribution in [1.29, 1.82) is 0 Å². The molecule has 2 N–H and O–H groups in total. The van der Waals surface area contributed by atoms with Crippen molar-refractivity contribution in [3.05, 3.63) is 29.8 Å². The van der Waals surface area contributed by atoms with Crippen LogP contribution < -0.4 is 0 Å². The maximum atomic E-state index is 11.0. The first-order chi connectivity index (χ1) is 7.52. The van der Waals surface area contributed by atoms with Gasteiger partial charge in [0, 0.05) is 12.1 Å². The highest BCUT2D eigenvalue weighted by Crippen LogP contribution is 2.26. The topological polar surface area (TPSA) is 74.8 Å². The highest BCUT2D eigenvalue weighted by molar-refractivity contribution is 5.95. The minimum absolute atomic E-state index is 0.0701. The minimum atomic E-state index is -1.13. The van der Waals surface area contributed by atoms with Crippen molar-refractivity contribution in [2.45, 2.75) is 19.8 Å². The predicted molar refractivity (Wildman–Crippen MR) is 57.9 cm³/mol. The average molecular weight is 220 g/mol. The lowest BCUT2D eigenvalue weighted by Gasteiger charge is -2.03. The van der Waals surface area contributed by atoms with Crippen LogP contribution in [0.15, 0.2) is 18.3 Å². The fourth-order valence-corrected chi connectivity index (χ4v) is 1.70. The Morgan fingerprint density at radius 2 is 2.19 bits per heavy atom. The van der Waals surface area contributed by atoms with Crippen LogP contribution in [0.2, 0.25) is 0 Å². The minimum Gasteiger partial charge on any atom is -0.506 e. The fourth-order valence-electron chi connectivity index (χ4n) is 1.70. The quantitative estimate of drug-likeness (QED) is 0.810. The lowest BCUT2D eigenvalue weighted by molar-refractivity contribution is 0.0693. The van der Waals surface area contributed by atoms with E-state index in [2.05, 4.69) is 4.98 Å². The molecule has 0 spiro atoms. The molecule has 2 heterocycles. The van der Waals surface area contributed by atoms with E-state index in [1.54, 1.807) is 16.7 Å². The van der Waals surface area contributed by atoms with Gasteiger partial charge in [-0.2, -0.15) is 0 Å². The van der Waals surface area contributed by atoms with Crippen molar-refractivity contribution in [3.63, 3.8) is 0 Å². The molecule has 84 valence electrons. The maximum Gasteiger partial charge on any atom is 0.356 e. The third-order valence-electron chi connectivity index (χ3n) is 2.39. The molecule has 2 rings (SSSR count). The summed E-state index contributed by atoms with van der Waals surface area (Å²) in [6, 6.07) is 3.11. The van der Waals surface area contributed by atoms with E-state index in [0.29, 0.717) is 5.82 Å². The van der Waals surface area contributed by atoms with Gasteiger partial charge in [-0.1, -0.05) is 13.8 Å². The summed E-state index contributed by atoms with van der Waals surface area (Å²) in [4.78, 5) is 15.1. The SMILES string of the molecule is CC(C)c1nc(C(=O)O)c2c(O)cccn12. The molecule has 0 fully saturated rings. The summed E-state index contributed by atoms with van der Waals surface area (Å²) in [6.07, 6.45) is 1.70. The first-order valence-corrected chi connectivity index (χ1v) is 4.95. The van der Waals surface area contributed by atoms with Gasteiger partial charge in [0.25, 0.3) is 0 Å². The molecule has 5 nitrogen and oxygen atoms in total. The Labute approximate surface area is 92.0 Å². The number of hydrogen-bond donors (Lipinski definition) is 2. The number of imidazole rings is 1. The molecule has 0 amide bonds. The first kappa shape index (κ1) is 10.5. The monoisotopic (exact) mass is 220 g/mol. The van der Waals surface area contributed by atoms with Crippen molar-refractivity contribution < 1.29 is 15.0 Å². The van der Waals surface area contributed by atoms with E-state index in [4.69, 9.17) is 5.11 Å². The van der Waals surface area contributed by atoms with Gasteiger partial charge in [-0.15, -0.1) is 0 Å². The number of aromatic hydroxyl groups is 1. The molecule has 2 aromatic rings. The standard InChI is InChI=1S/C11H12N2O3/c1-6(2)10-12-8(11(15)16)9-7(14)4-3-5-13(9)10/h3-6,14H,1-2H3,(H,15,16). The number of aromatic carboxylic acids is 1. The van der Waals surface area contributed by atoms with Crippen LogP contribution in [0.4, 0.5) is 0 Å². The molecular formula is C11H12N2O3. The molecular weight excluding hydrogens is 208 g/mol. The molecule has 0 saturated heterocycles. The third-order valence-corrected chi connectivity index (χ3v) is 2.39. The first-order valence-electron chi connectivity index (χ1n) is 4.95. The zero-order valence-corrected chi connectivity index (χ0v) is 9.01. The molecule has 0 bridgehead atoms. The van der Waals surface area contributed by atoms with Gasteiger partial charge in [0.1, 0.15) is 17.1 Å². The number of pyridine rings is 1. The Balaban J connectivity index is 2.87. The van der Waals surface area contributed by atoms with Crippen molar-refractivity contribution in [2.24, 2.45) is 0 Å². The van der Waals surface area contributed by atoms with Crippen molar-refractivity contribution in [3.8, 4) is 5.75 Å². The second-order valence-corrected chi connectivity index (χ2v) is 3.89. The summed E-state index contributed by atoms with van der Waals surface area (Å²) < 4.78 is 1.61. The highest BCUT2D eigenvalue weighted by Gasteiger charge is 2.20. The summed E-state index contributed by atoms with van der Waals surface area (Å²) in [5.74, 6) is -0.490. The van der Waals surface area contributed by atoms with Crippen LogP contribution in [-0.2, 0) is 0 Å². The van der Waals surface area contributed by atoms with Gasteiger partial charge < -0.3 is 10.2 Å². The van der Waals surface area contributed by atoms with Gasteiger partial charge in [0.05, 0.1) is 0 Å². The number of carboxylic acid groups (broad SMARTS) is 1. The van der Waals surface area contributed by atoms with Crippen molar-refractivity contribution in [1.82, 2.24) is 9.38 Å². The van der Waals surface area contributed by atoms with E-state index in [1.807, 2.05) is 13.8 Å². The number of hydrogen-bond acceptors (Lipinski definition) is 3.